The van der Waals surface area contributed by atoms with Crippen LogP contribution in [0.25, 0.3) is 11.0 Å². The Hall–Kier alpha value is -1.97. The highest BCUT2D eigenvalue weighted by molar-refractivity contribution is 5.96. The lowest BCUT2D eigenvalue weighted by molar-refractivity contribution is -0.188. The number of aliphatic hydroxyl groups is 5. The van der Waals surface area contributed by atoms with Crippen molar-refractivity contribution in [2.45, 2.75) is 36.6 Å². The molecule has 124 valence electrons. The molecule has 6 atom stereocenters. The highest BCUT2D eigenvalue weighted by atomic mass is 16.4. The quantitative estimate of drug-likeness (QED) is 0.388. The van der Waals surface area contributed by atoms with Gasteiger partial charge in [0.2, 0.25) is 0 Å². The summed E-state index contributed by atoms with van der Waals surface area (Å²) in [5, 5.41) is 51.6. The van der Waals surface area contributed by atoms with Crippen molar-refractivity contribution >= 4 is 16.9 Å². The molecule has 0 bridgehead atoms. The van der Waals surface area contributed by atoms with Gasteiger partial charge in [0.05, 0.1) is 6.04 Å². The van der Waals surface area contributed by atoms with Gasteiger partial charge in [0, 0.05) is 5.39 Å². The molecular weight excluding hydrogens is 306 g/mol. The molecule has 23 heavy (non-hydrogen) atoms. The highest BCUT2D eigenvalue weighted by Crippen LogP contribution is 2.23. The molecule has 1 aliphatic carbocycles. The fraction of sp³-hybridized carbons (Fsp3) is 0.400. The van der Waals surface area contributed by atoms with E-state index < -0.39 is 42.5 Å². The predicted octanol–water partition coefficient (Wildman–Crippen LogP) is -1.65. The number of rotatable bonds is 2. The number of hydrogen-bond donors (Lipinski definition) is 6. The summed E-state index contributed by atoms with van der Waals surface area (Å²) in [6.07, 6.45) is -8.39. The summed E-state index contributed by atoms with van der Waals surface area (Å²) >= 11 is 0. The zero-order valence-electron chi connectivity index (χ0n) is 11.9. The zero-order valence-corrected chi connectivity index (χ0v) is 11.9. The van der Waals surface area contributed by atoms with Crippen molar-refractivity contribution in [3.05, 3.63) is 36.1 Å². The minimum absolute atomic E-state index is 0.0410. The van der Waals surface area contributed by atoms with Crippen LogP contribution in [0.2, 0.25) is 0 Å². The maximum atomic E-state index is 12.2. The number of fused-ring (bicyclic) bond motifs is 1. The van der Waals surface area contributed by atoms with E-state index in [0.29, 0.717) is 11.0 Å². The summed E-state index contributed by atoms with van der Waals surface area (Å²) < 4.78 is 5.37. The third kappa shape index (κ3) is 2.71. The van der Waals surface area contributed by atoms with E-state index in [-0.39, 0.29) is 5.76 Å². The van der Waals surface area contributed by atoms with Crippen molar-refractivity contribution in [3.8, 4) is 0 Å². The molecule has 1 aromatic heterocycles. The molecule has 2 unspecified atom stereocenters. The maximum absolute atomic E-state index is 12.2. The molecule has 1 fully saturated rings. The first-order valence-electron chi connectivity index (χ1n) is 7.10. The Bertz CT molecular complexity index is 666. The summed E-state index contributed by atoms with van der Waals surface area (Å²) in [5.41, 5.74) is 0.498. The van der Waals surface area contributed by atoms with Crippen molar-refractivity contribution in [2.24, 2.45) is 0 Å². The third-order valence-corrected chi connectivity index (χ3v) is 4.08. The number of nitrogens with one attached hydrogen (secondary N) is 1. The second-order valence-electron chi connectivity index (χ2n) is 5.60. The second kappa shape index (κ2) is 5.91. The van der Waals surface area contributed by atoms with E-state index in [9.17, 15) is 30.3 Å². The predicted molar refractivity (Wildman–Crippen MR) is 77.5 cm³/mol. The molecule has 1 amide bonds. The normalized spacial score (nSPS) is 34.5. The first-order valence-corrected chi connectivity index (χ1v) is 7.10. The molecule has 0 radical (unpaired) electrons. The smallest absolute Gasteiger partial charge is 0.287 e. The molecule has 8 nitrogen and oxygen atoms in total. The van der Waals surface area contributed by atoms with Gasteiger partial charge in [0.15, 0.2) is 5.76 Å². The molecule has 0 saturated heterocycles. The molecular formula is C15H17NO7. The summed E-state index contributed by atoms with van der Waals surface area (Å²) in [7, 11) is 0. The zero-order chi connectivity index (χ0) is 16.7. The van der Waals surface area contributed by atoms with Gasteiger partial charge in [0.1, 0.15) is 36.1 Å². The van der Waals surface area contributed by atoms with Crippen LogP contribution in [0.1, 0.15) is 10.6 Å². The number of amides is 1. The number of para-hydroxylation sites is 1. The van der Waals surface area contributed by atoms with Crippen LogP contribution in [0.3, 0.4) is 0 Å². The van der Waals surface area contributed by atoms with Crippen molar-refractivity contribution in [2.75, 3.05) is 0 Å². The van der Waals surface area contributed by atoms with Gasteiger partial charge in [-0.15, -0.1) is 0 Å². The molecule has 8 heteroatoms. The van der Waals surface area contributed by atoms with E-state index in [1.165, 1.54) is 6.07 Å². The Morgan fingerprint density at radius 3 is 2.09 bits per heavy atom. The van der Waals surface area contributed by atoms with E-state index >= 15 is 0 Å². The molecule has 2 aromatic rings. The topological polar surface area (TPSA) is 143 Å². The minimum Gasteiger partial charge on any atom is -0.451 e. The van der Waals surface area contributed by atoms with Gasteiger partial charge in [-0.05, 0) is 12.1 Å². The second-order valence-corrected chi connectivity index (χ2v) is 5.60. The average molecular weight is 323 g/mol. The van der Waals surface area contributed by atoms with Gasteiger partial charge >= 0.3 is 0 Å². The highest BCUT2D eigenvalue weighted by Gasteiger charge is 2.48. The summed E-state index contributed by atoms with van der Waals surface area (Å²) in [4.78, 5) is 12.2. The molecule has 0 aliphatic heterocycles. The first-order chi connectivity index (χ1) is 10.9. The van der Waals surface area contributed by atoms with Gasteiger partial charge in [-0.25, -0.2) is 0 Å². The molecule has 1 heterocycles. The van der Waals surface area contributed by atoms with E-state index in [0.717, 1.165) is 0 Å². The Morgan fingerprint density at radius 2 is 1.48 bits per heavy atom. The van der Waals surface area contributed by atoms with Crippen LogP contribution >= 0.6 is 0 Å². The van der Waals surface area contributed by atoms with Crippen LogP contribution in [0.4, 0.5) is 0 Å². The fourth-order valence-corrected chi connectivity index (χ4v) is 2.72. The van der Waals surface area contributed by atoms with Crippen LogP contribution in [0, 0.1) is 0 Å². The average Bonchev–Trinajstić information content (AvgIpc) is 2.99. The standard InChI is InChI=1S/C15H17NO7/c17-10-9(11(18)13(20)14(21)12(10)19)16-15(22)8-5-6-3-1-2-4-7(6)23-8/h1-5,9-14,17-21H,(H,16,22)/t9?,10-,11+,12+,13-,14?. The Kier molecular flexibility index (Phi) is 4.09. The number of aliphatic hydroxyl groups excluding tert-OH is 5. The Labute approximate surface area is 130 Å². The Morgan fingerprint density at radius 1 is 0.913 bits per heavy atom. The van der Waals surface area contributed by atoms with Gasteiger partial charge in [0.25, 0.3) is 5.91 Å². The van der Waals surface area contributed by atoms with Crippen molar-refractivity contribution in [3.63, 3.8) is 0 Å². The van der Waals surface area contributed by atoms with Gasteiger partial charge in [-0.1, -0.05) is 18.2 Å². The van der Waals surface area contributed by atoms with E-state index in [1.807, 2.05) is 0 Å². The summed E-state index contributed by atoms with van der Waals surface area (Å²) in [6, 6.07) is 7.10. The van der Waals surface area contributed by atoms with Crippen LogP contribution in [0.5, 0.6) is 0 Å². The molecule has 0 spiro atoms. The first kappa shape index (κ1) is 15.9. The van der Waals surface area contributed by atoms with Crippen molar-refractivity contribution in [1.29, 1.82) is 0 Å². The van der Waals surface area contributed by atoms with Crippen LogP contribution in [0.15, 0.2) is 34.7 Å². The molecule has 1 aliphatic rings. The molecule has 1 saturated carbocycles. The SMILES string of the molecule is O=C(NC1[C@@H](O)[C@H](O)C(O)[C@H](O)[C@H]1O)c1cc2ccccc2o1. The maximum Gasteiger partial charge on any atom is 0.287 e. The lowest BCUT2D eigenvalue weighted by Gasteiger charge is -2.41. The van der Waals surface area contributed by atoms with Crippen molar-refractivity contribution in [1.82, 2.24) is 5.32 Å². The van der Waals surface area contributed by atoms with E-state index in [2.05, 4.69) is 5.32 Å². The molecule has 3 rings (SSSR count). The fourth-order valence-electron chi connectivity index (χ4n) is 2.72. The number of carbonyl (C=O) groups is 1. The number of carbonyl (C=O) groups excluding carboxylic acids is 1. The van der Waals surface area contributed by atoms with Gasteiger partial charge in [-0.3, -0.25) is 4.79 Å². The largest absolute Gasteiger partial charge is 0.451 e. The van der Waals surface area contributed by atoms with Gasteiger partial charge in [-0.2, -0.15) is 0 Å². The minimum atomic E-state index is -1.71. The van der Waals surface area contributed by atoms with Crippen LogP contribution in [-0.4, -0.2) is 68.0 Å². The lowest BCUT2D eigenvalue weighted by Crippen LogP contribution is -2.68. The summed E-state index contributed by atoms with van der Waals surface area (Å²) in [6.45, 7) is 0. The number of hydrogen-bond acceptors (Lipinski definition) is 7. The molecule has 1 aromatic carbocycles. The summed E-state index contributed by atoms with van der Waals surface area (Å²) in [5.74, 6) is -0.763. The van der Waals surface area contributed by atoms with Crippen LogP contribution < -0.4 is 5.32 Å². The Balaban J connectivity index is 1.81. The van der Waals surface area contributed by atoms with E-state index in [4.69, 9.17) is 4.42 Å². The monoisotopic (exact) mass is 323 g/mol. The molecule has 6 N–H and O–H groups in total. The third-order valence-electron chi connectivity index (χ3n) is 4.08. The van der Waals surface area contributed by atoms with E-state index in [1.54, 1.807) is 24.3 Å². The van der Waals surface area contributed by atoms with Crippen molar-refractivity contribution < 1.29 is 34.7 Å². The lowest BCUT2D eigenvalue weighted by atomic mass is 9.83. The number of furan rings is 1. The number of benzene rings is 1. The van der Waals surface area contributed by atoms with Crippen LogP contribution in [-0.2, 0) is 0 Å². The van der Waals surface area contributed by atoms with Gasteiger partial charge < -0.3 is 35.3 Å².